The van der Waals surface area contributed by atoms with Gasteiger partial charge in [0, 0.05) is 10.6 Å². The van der Waals surface area contributed by atoms with E-state index in [0.717, 1.165) is 12.4 Å². The van der Waals surface area contributed by atoms with E-state index in [4.69, 9.17) is 4.74 Å². The Balaban J connectivity index is 1.92. The molecular formula is C10H12OS. The van der Waals surface area contributed by atoms with Gasteiger partial charge in [-0.2, -0.15) is 0 Å². The molecule has 1 nitrogen and oxygen atoms in total. The van der Waals surface area contributed by atoms with Crippen LogP contribution in [-0.4, -0.2) is 18.5 Å². The number of thioether (sulfide) groups is 1. The van der Waals surface area contributed by atoms with Crippen LogP contribution in [-0.2, 0) is 4.74 Å². The number of ether oxygens (including phenoxy) is 1. The van der Waals surface area contributed by atoms with E-state index in [9.17, 15) is 0 Å². The van der Waals surface area contributed by atoms with E-state index < -0.39 is 0 Å². The molecule has 0 aromatic heterocycles. The van der Waals surface area contributed by atoms with Crippen molar-refractivity contribution < 1.29 is 4.74 Å². The zero-order chi connectivity index (χ0) is 8.39. The summed E-state index contributed by atoms with van der Waals surface area (Å²) in [5.74, 6) is 1.10. The third-order valence-corrected chi connectivity index (χ3v) is 2.95. The second-order valence-corrected chi connectivity index (χ2v) is 4.18. The standard InChI is InChI=1S/C10H12OS/c1-8-3-2-4-10(5-8)12-7-9-6-11-9/h2-5,9H,6-7H2,1H3. The van der Waals surface area contributed by atoms with E-state index in [1.165, 1.54) is 10.5 Å². The van der Waals surface area contributed by atoms with Gasteiger partial charge in [-0.3, -0.25) is 0 Å². The van der Waals surface area contributed by atoms with Crippen LogP contribution in [0.4, 0.5) is 0 Å². The molecule has 64 valence electrons. The Kier molecular flexibility index (Phi) is 2.38. The molecule has 1 fully saturated rings. The molecule has 1 atom stereocenters. The van der Waals surface area contributed by atoms with Gasteiger partial charge in [0.05, 0.1) is 12.7 Å². The molecule has 2 rings (SSSR count). The van der Waals surface area contributed by atoms with E-state index in [2.05, 4.69) is 31.2 Å². The minimum atomic E-state index is 0.524. The summed E-state index contributed by atoms with van der Waals surface area (Å²) in [6.45, 7) is 3.08. The largest absolute Gasteiger partial charge is 0.372 e. The van der Waals surface area contributed by atoms with Crippen molar-refractivity contribution in [2.75, 3.05) is 12.4 Å². The number of hydrogen-bond donors (Lipinski definition) is 0. The van der Waals surface area contributed by atoms with E-state index in [-0.39, 0.29) is 0 Å². The molecule has 0 radical (unpaired) electrons. The Labute approximate surface area is 77.1 Å². The summed E-state index contributed by atoms with van der Waals surface area (Å²) in [4.78, 5) is 1.35. The van der Waals surface area contributed by atoms with Crippen molar-refractivity contribution >= 4 is 11.8 Å². The molecule has 1 aliphatic heterocycles. The lowest BCUT2D eigenvalue weighted by Crippen LogP contribution is -1.88. The predicted molar refractivity (Wildman–Crippen MR) is 51.6 cm³/mol. The number of benzene rings is 1. The third kappa shape index (κ3) is 2.26. The van der Waals surface area contributed by atoms with Gasteiger partial charge in [0.1, 0.15) is 0 Å². The molecule has 0 saturated carbocycles. The van der Waals surface area contributed by atoms with Crippen molar-refractivity contribution in [3.05, 3.63) is 29.8 Å². The lowest BCUT2D eigenvalue weighted by Gasteiger charge is -1.99. The Morgan fingerprint density at radius 2 is 2.42 bits per heavy atom. The zero-order valence-corrected chi connectivity index (χ0v) is 7.93. The summed E-state index contributed by atoms with van der Waals surface area (Å²) >= 11 is 1.88. The highest BCUT2D eigenvalue weighted by molar-refractivity contribution is 7.99. The number of hydrogen-bond acceptors (Lipinski definition) is 2. The fraction of sp³-hybridized carbons (Fsp3) is 0.400. The second kappa shape index (κ2) is 3.50. The maximum absolute atomic E-state index is 5.14. The molecule has 1 heterocycles. The van der Waals surface area contributed by atoms with Crippen molar-refractivity contribution in [2.45, 2.75) is 17.9 Å². The first-order chi connectivity index (χ1) is 5.84. The molecule has 0 N–H and O–H groups in total. The van der Waals surface area contributed by atoms with E-state index in [1.807, 2.05) is 11.8 Å². The molecule has 2 heteroatoms. The first-order valence-electron chi connectivity index (χ1n) is 4.16. The smallest absolute Gasteiger partial charge is 0.0903 e. The lowest BCUT2D eigenvalue weighted by atomic mass is 10.2. The Bertz CT molecular complexity index is 268. The van der Waals surface area contributed by atoms with Crippen LogP contribution >= 0.6 is 11.8 Å². The Hall–Kier alpha value is -0.470. The van der Waals surface area contributed by atoms with E-state index in [1.54, 1.807) is 0 Å². The van der Waals surface area contributed by atoms with Gasteiger partial charge in [0.2, 0.25) is 0 Å². The monoisotopic (exact) mass is 180 g/mol. The Morgan fingerprint density at radius 3 is 3.08 bits per heavy atom. The van der Waals surface area contributed by atoms with Crippen LogP contribution in [0.25, 0.3) is 0 Å². The van der Waals surface area contributed by atoms with Crippen LogP contribution in [0, 0.1) is 6.92 Å². The van der Waals surface area contributed by atoms with Crippen molar-refractivity contribution in [3.8, 4) is 0 Å². The maximum Gasteiger partial charge on any atom is 0.0903 e. The molecular weight excluding hydrogens is 168 g/mol. The van der Waals surface area contributed by atoms with Crippen LogP contribution in [0.5, 0.6) is 0 Å². The summed E-state index contributed by atoms with van der Waals surface area (Å²) < 4.78 is 5.14. The molecule has 1 unspecified atom stereocenters. The molecule has 1 aromatic rings. The predicted octanol–water partition coefficient (Wildman–Crippen LogP) is 2.49. The van der Waals surface area contributed by atoms with Crippen LogP contribution < -0.4 is 0 Å². The number of rotatable bonds is 3. The summed E-state index contributed by atoms with van der Waals surface area (Å²) in [5.41, 5.74) is 1.33. The topological polar surface area (TPSA) is 12.5 Å². The molecule has 0 amide bonds. The fourth-order valence-corrected chi connectivity index (χ4v) is 2.07. The molecule has 12 heavy (non-hydrogen) atoms. The molecule has 1 aromatic carbocycles. The third-order valence-electron chi connectivity index (χ3n) is 1.83. The van der Waals surface area contributed by atoms with Crippen LogP contribution in [0.1, 0.15) is 5.56 Å². The molecule has 1 saturated heterocycles. The highest BCUT2D eigenvalue weighted by atomic mass is 32.2. The summed E-state index contributed by atoms with van der Waals surface area (Å²) in [5, 5.41) is 0. The molecule has 1 aliphatic rings. The average molecular weight is 180 g/mol. The minimum absolute atomic E-state index is 0.524. The number of epoxide rings is 1. The van der Waals surface area contributed by atoms with Crippen LogP contribution in [0.2, 0.25) is 0 Å². The van der Waals surface area contributed by atoms with Crippen molar-refractivity contribution in [1.29, 1.82) is 0 Å². The van der Waals surface area contributed by atoms with Crippen LogP contribution in [0.3, 0.4) is 0 Å². The first kappa shape index (κ1) is 8.14. The quantitative estimate of drug-likeness (QED) is 0.523. The van der Waals surface area contributed by atoms with Gasteiger partial charge in [-0.1, -0.05) is 17.7 Å². The van der Waals surface area contributed by atoms with Gasteiger partial charge < -0.3 is 4.74 Å². The number of aryl methyl sites for hydroxylation is 1. The molecule has 0 spiro atoms. The summed E-state index contributed by atoms with van der Waals surface area (Å²) in [6, 6.07) is 8.59. The summed E-state index contributed by atoms with van der Waals surface area (Å²) in [6.07, 6.45) is 0.524. The molecule has 0 aliphatic carbocycles. The maximum atomic E-state index is 5.14. The van der Waals surface area contributed by atoms with Gasteiger partial charge in [0.15, 0.2) is 0 Å². The van der Waals surface area contributed by atoms with Gasteiger partial charge >= 0.3 is 0 Å². The average Bonchev–Trinajstić information content (AvgIpc) is 2.84. The van der Waals surface area contributed by atoms with Gasteiger partial charge in [-0.15, -0.1) is 11.8 Å². The Morgan fingerprint density at radius 1 is 1.58 bits per heavy atom. The minimum Gasteiger partial charge on any atom is -0.372 e. The second-order valence-electron chi connectivity index (χ2n) is 3.08. The van der Waals surface area contributed by atoms with Crippen LogP contribution in [0.15, 0.2) is 29.2 Å². The van der Waals surface area contributed by atoms with Gasteiger partial charge in [-0.05, 0) is 19.1 Å². The van der Waals surface area contributed by atoms with Gasteiger partial charge in [0.25, 0.3) is 0 Å². The SMILES string of the molecule is Cc1cccc(SCC2CO2)c1. The van der Waals surface area contributed by atoms with E-state index >= 15 is 0 Å². The normalized spacial score (nSPS) is 20.9. The highest BCUT2D eigenvalue weighted by Crippen LogP contribution is 2.24. The van der Waals surface area contributed by atoms with Crippen molar-refractivity contribution in [3.63, 3.8) is 0 Å². The lowest BCUT2D eigenvalue weighted by molar-refractivity contribution is 0.426. The molecule has 0 bridgehead atoms. The van der Waals surface area contributed by atoms with Crippen molar-refractivity contribution in [1.82, 2.24) is 0 Å². The highest BCUT2D eigenvalue weighted by Gasteiger charge is 2.21. The van der Waals surface area contributed by atoms with Gasteiger partial charge in [-0.25, -0.2) is 0 Å². The first-order valence-corrected chi connectivity index (χ1v) is 5.14. The van der Waals surface area contributed by atoms with Crippen molar-refractivity contribution in [2.24, 2.45) is 0 Å². The fourth-order valence-electron chi connectivity index (χ4n) is 1.06. The summed E-state index contributed by atoms with van der Waals surface area (Å²) in [7, 11) is 0. The van der Waals surface area contributed by atoms with E-state index in [0.29, 0.717) is 6.10 Å². The zero-order valence-electron chi connectivity index (χ0n) is 7.12.